The lowest BCUT2D eigenvalue weighted by atomic mass is 10.1. The highest BCUT2D eigenvalue weighted by atomic mass is 32.2. The van der Waals surface area contributed by atoms with E-state index in [0.29, 0.717) is 35.4 Å². The largest absolute Gasteiger partial charge is 0.492 e. The maximum absolute atomic E-state index is 13.0. The summed E-state index contributed by atoms with van der Waals surface area (Å²) in [6, 6.07) is 27.3. The number of thioether (sulfide) groups is 1. The average Bonchev–Trinajstić information content (AvgIpc) is 2.84. The first-order valence-electron chi connectivity index (χ1n) is 10.7. The van der Waals surface area contributed by atoms with E-state index in [4.69, 9.17) is 4.74 Å². The summed E-state index contributed by atoms with van der Waals surface area (Å²) >= 11 is 1.42. The highest BCUT2D eigenvalue weighted by molar-refractivity contribution is 8.02. The van der Waals surface area contributed by atoms with Crippen LogP contribution in [0.4, 0.5) is 5.69 Å². The number of benzene rings is 3. The smallest absolute Gasteiger partial charge is 0.264 e. The summed E-state index contributed by atoms with van der Waals surface area (Å²) in [5.41, 5.74) is 4.01. The standard InChI is InChI=1S/C27H27N3O2S/c1-3-32-25-16-10-9-15-24(25)30-27(33-19-22-14-8-7-11-20(22)2)23(17-28)26(31)29-18-21-12-5-4-6-13-21/h4-16,30H,3,18-19H2,1-2H3,(H,29,31). The van der Waals surface area contributed by atoms with E-state index in [2.05, 4.69) is 35.8 Å². The monoisotopic (exact) mass is 457 g/mol. The molecule has 0 unspecified atom stereocenters. The fourth-order valence-corrected chi connectivity index (χ4v) is 4.23. The number of rotatable bonds is 10. The van der Waals surface area contributed by atoms with Gasteiger partial charge in [-0.2, -0.15) is 5.26 Å². The second-order valence-corrected chi connectivity index (χ2v) is 8.24. The summed E-state index contributed by atoms with van der Waals surface area (Å²) in [5.74, 6) is 0.856. The number of aryl methyl sites for hydroxylation is 1. The second kappa shape index (κ2) is 12.4. The van der Waals surface area contributed by atoms with Crippen LogP contribution in [0, 0.1) is 18.3 Å². The Morgan fingerprint density at radius 2 is 1.70 bits per heavy atom. The number of carbonyl (C=O) groups excluding carboxylic acids is 1. The zero-order valence-electron chi connectivity index (χ0n) is 18.8. The summed E-state index contributed by atoms with van der Waals surface area (Å²) in [5, 5.41) is 16.5. The van der Waals surface area contributed by atoms with Crippen LogP contribution >= 0.6 is 11.8 Å². The van der Waals surface area contributed by atoms with Crippen LogP contribution in [0.3, 0.4) is 0 Å². The van der Waals surface area contributed by atoms with E-state index in [9.17, 15) is 10.1 Å². The topological polar surface area (TPSA) is 74.1 Å². The van der Waals surface area contributed by atoms with Crippen molar-refractivity contribution in [2.75, 3.05) is 11.9 Å². The molecule has 168 valence electrons. The van der Waals surface area contributed by atoms with Crippen molar-refractivity contribution in [3.63, 3.8) is 0 Å². The van der Waals surface area contributed by atoms with Crippen molar-refractivity contribution in [1.29, 1.82) is 5.26 Å². The zero-order chi connectivity index (χ0) is 23.5. The van der Waals surface area contributed by atoms with Crippen molar-refractivity contribution < 1.29 is 9.53 Å². The molecule has 0 aromatic heterocycles. The van der Waals surface area contributed by atoms with Crippen LogP contribution < -0.4 is 15.4 Å². The molecule has 0 saturated carbocycles. The second-order valence-electron chi connectivity index (χ2n) is 7.25. The highest BCUT2D eigenvalue weighted by Crippen LogP contribution is 2.32. The Morgan fingerprint density at radius 3 is 2.42 bits per heavy atom. The molecular formula is C27H27N3O2S. The van der Waals surface area contributed by atoms with Crippen LogP contribution in [0.25, 0.3) is 0 Å². The van der Waals surface area contributed by atoms with E-state index < -0.39 is 5.91 Å². The maximum atomic E-state index is 13.0. The number of anilines is 1. The van der Waals surface area contributed by atoms with Gasteiger partial charge in [-0.3, -0.25) is 4.79 Å². The van der Waals surface area contributed by atoms with Crippen LogP contribution in [0.5, 0.6) is 5.75 Å². The molecular weight excluding hydrogens is 430 g/mol. The van der Waals surface area contributed by atoms with Crippen LogP contribution in [-0.2, 0) is 17.1 Å². The Bertz CT molecular complexity index is 1150. The number of para-hydroxylation sites is 2. The van der Waals surface area contributed by atoms with E-state index in [1.807, 2.05) is 73.7 Å². The lowest BCUT2D eigenvalue weighted by molar-refractivity contribution is -0.117. The third kappa shape index (κ3) is 6.90. The van der Waals surface area contributed by atoms with Crippen LogP contribution in [0.1, 0.15) is 23.6 Å². The molecule has 0 aliphatic carbocycles. The van der Waals surface area contributed by atoms with Crippen LogP contribution in [0.15, 0.2) is 89.5 Å². The number of nitrogens with one attached hydrogen (secondary N) is 2. The molecule has 3 rings (SSSR count). The Kier molecular flexibility index (Phi) is 8.98. The van der Waals surface area contributed by atoms with E-state index in [1.54, 1.807) is 0 Å². The predicted molar refractivity (Wildman–Crippen MR) is 135 cm³/mol. The molecule has 6 heteroatoms. The minimum atomic E-state index is -0.421. The van der Waals surface area contributed by atoms with Crippen molar-refractivity contribution >= 4 is 23.4 Å². The third-order valence-corrected chi connectivity index (χ3v) is 5.98. The van der Waals surface area contributed by atoms with Gasteiger partial charge in [0.2, 0.25) is 0 Å². The highest BCUT2D eigenvalue weighted by Gasteiger charge is 2.18. The molecule has 0 saturated heterocycles. The fourth-order valence-electron chi connectivity index (χ4n) is 3.14. The van der Waals surface area contributed by atoms with Crippen molar-refractivity contribution in [2.45, 2.75) is 26.1 Å². The first kappa shape index (κ1) is 24.0. The molecule has 5 nitrogen and oxygen atoms in total. The average molecular weight is 458 g/mol. The van der Waals surface area contributed by atoms with Gasteiger partial charge in [-0.05, 0) is 42.7 Å². The first-order valence-corrected chi connectivity index (χ1v) is 11.7. The van der Waals surface area contributed by atoms with Gasteiger partial charge in [0.15, 0.2) is 0 Å². The number of nitriles is 1. The van der Waals surface area contributed by atoms with Gasteiger partial charge in [-0.25, -0.2) is 0 Å². The van der Waals surface area contributed by atoms with Gasteiger partial charge in [0.05, 0.1) is 17.3 Å². The Labute approximate surface area is 199 Å². The SMILES string of the molecule is CCOc1ccccc1NC(SCc1ccccc1C)=C(C#N)C(=O)NCc1ccccc1. The molecule has 0 spiro atoms. The number of amides is 1. The summed E-state index contributed by atoms with van der Waals surface area (Å²) in [6.07, 6.45) is 0. The van der Waals surface area contributed by atoms with Gasteiger partial charge in [0.25, 0.3) is 5.91 Å². The minimum Gasteiger partial charge on any atom is -0.492 e. The van der Waals surface area contributed by atoms with Gasteiger partial charge >= 0.3 is 0 Å². The molecule has 2 N–H and O–H groups in total. The fraction of sp³-hybridized carbons (Fsp3) is 0.185. The van der Waals surface area contributed by atoms with Gasteiger partial charge in [0.1, 0.15) is 17.4 Å². The summed E-state index contributed by atoms with van der Waals surface area (Å²) in [4.78, 5) is 13.0. The van der Waals surface area contributed by atoms with Crippen molar-refractivity contribution in [3.05, 3.63) is 106 Å². The normalized spacial score (nSPS) is 11.2. The quantitative estimate of drug-likeness (QED) is 0.298. The molecule has 3 aromatic rings. The molecule has 0 atom stereocenters. The number of ether oxygens (including phenoxy) is 1. The Hall–Kier alpha value is -3.69. The predicted octanol–water partition coefficient (Wildman–Crippen LogP) is 5.79. The van der Waals surface area contributed by atoms with Gasteiger partial charge in [-0.15, -0.1) is 11.8 Å². The molecule has 0 aliphatic rings. The van der Waals surface area contributed by atoms with Crippen molar-refractivity contribution in [1.82, 2.24) is 5.32 Å². The van der Waals surface area contributed by atoms with Gasteiger partial charge in [-0.1, -0.05) is 66.7 Å². The van der Waals surface area contributed by atoms with Gasteiger partial charge < -0.3 is 15.4 Å². The lowest BCUT2D eigenvalue weighted by Gasteiger charge is -2.17. The van der Waals surface area contributed by atoms with Crippen LogP contribution in [0.2, 0.25) is 0 Å². The molecule has 1 amide bonds. The molecule has 33 heavy (non-hydrogen) atoms. The Balaban J connectivity index is 1.89. The third-order valence-electron chi connectivity index (χ3n) is 4.93. The van der Waals surface area contributed by atoms with E-state index in [-0.39, 0.29) is 5.57 Å². The zero-order valence-corrected chi connectivity index (χ0v) is 19.6. The maximum Gasteiger partial charge on any atom is 0.264 e. The van der Waals surface area contributed by atoms with E-state index in [1.165, 1.54) is 11.8 Å². The molecule has 0 aliphatic heterocycles. The first-order chi connectivity index (χ1) is 16.1. The van der Waals surface area contributed by atoms with Crippen LogP contribution in [-0.4, -0.2) is 12.5 Å². The number of hydrogen-bond acceptors (Lipinski definition) is 5. The molecule has 0 fully saturated rings. The minimum absolute atomic E-state index is 0.0378. The summed E-state index contributed by atoms with van der Waals surface area (Å²) < 4.78 is 5.72. The summed E-state index contributed by atoms with van der Waals surface area (Å²) in [6.45, 7) is 4.82. The molecule has 0 radical (unpaired) electrons. The van der Waals surface area contributed by atoms with E-state index >= 15 is 0 Å². The molecule has 0 bridgehead atoms. The number of nitrogens with zero attached hydrogens (tertiary/aromatic N) is 1. The Morgan fingerprint density at radius 1 is 1.00 bits per heavy atom. The molecule has 0 heterocycles. The number of carbonyl (C=O) groups is 1. The lowest BCUT2D eigenvalue weighted by Crippen LogP contribution is -2.25. The number of hydrogen-bond donors (Lipinski definition) is 2. The van der Waals surface area contributed by atoms with Gasteiger partial charge in [0, 0.05) is 12.3 Å². The summed E-state index contributed by atoms with van der Waals surface area (Å²) in [7, 11) is 0. The van der Waals surface area contributed by atoms with Crippen molar-refractivity contribution in [2.24, 2.45) is 0 Å². The van der Waals surface area contributed by atoms with E-state index in [0.717, 1.165) is 16.7 Å². The van der Waals surface area contributed by atoms with Crippen molar-refractivity contribution in [3.8, 4) is 11.8 Å². The molecule has 3 aromatic carbocycles.